The van der Waals surface area contributed by atoms with Crippen molar-refractivity contribution in [3.05, 3.63) is 119 Å². The van der Waals surface area contributed by atoms with Crippen molar-refractivity contribution in [3.8, 4) is 22.6 Å². The first-order chi connectivity index (χ1) is 18.9. The normalized spacial score (nSPS) is 10.8. The molecule has 4 aromatic rings. The Morgan fingerprint density at radius 1 is 0.795 bits per heavy atom. The van der Waals surface area contributed by atoms with Crippen LogP contribution in [-0.2, 0) is 24.6 Å². The van der Waals surface area contributed by atoms with E-state index >= 15 is 0 Å². The largest absolute Gasteiger partial charge is 0.489 e. The molecule has 0 bridgehead atoms. The maximum Gasteiger partial charge on any atom is 0.216 e. The molecule has 4 rings (SSSR count). The summed E-state index contributed by atoms with van der Waals surface area (Å²) >= 11 is 0. The zero-order valence-corrected chi connectivity index (χ0v) is 22.1. The first-order valence-electron chi connectivity index (χ1n) is 12.8. The standard InChI is InChI=1S/C32H32F2N2O3/c1-22-27(9-6-10-29(22)25-7-4-3-5-8-25)21-38-28-13-12-26(19-35-15-16-36-23(2)37)32(18-28)39-20-24-11-14-30(33)31(34)17-24/h3-14,17-18,35H,15-16,19-21H2,1-2H3,(H,36,37). The lowest BCUT2D eigenvalue weighted by atomic mass is 9.97. The third-order valence-electron chi connectivity index (χ3n) is 6.33. The molecule has 0 aliphatic carbocycles. The summed E-state index contributed by atoms with van der Waals surface area (Å²) in [6, 6.07) is 25.7. The van der Waals surface area contributed by atoms with Gasteiger partial charge in [-0.3, -0.25) is 4.79 Å². The van der Waals surface area contributed by atoms with E-state index in [1.54, 1.807) is 6.07 Å². The van der Waals surface area contributed by atoms with Gasteiger partial charge in [0.25, 0.3) is 0 Å². The highest BCUT2D eigenvalue weighted by molar-refractivity contribution is 5.72. The number of rotatable bonds is 12. The molecule has 7 heteroatoms. The van der Waals surface area contributed by atoms with Crippen molar-refractivity contribution in [2.45, 2.75) is 33.6 Å². The van der Waals surface area contributed by atoms with E-state index in [1.165, 1.54) is 13.0 Å². The molecule has 2 N–H and O–H groups in total. The van der Waals surface area contributed by atoms with E-state index in [-0.39, 0.29) is 12.5 Å². The monoisotopic (exact) mass is 530 g/mol. The summed E-state index contributed by atoms with van der Waals surface area (Å²) in [5.74, 6) is -0.704. The van der Waals surface area contributed by atoms with Crippen molar-refractivity contribution in [2.75, 3.05) is 13.1 Å². The quantitative estimate of drug-likeness (QED) is 0.210. The first-order valence-corrected chi connectivity index (χ1v) is 12.8. The summed E-state index contributed by atoms with van der Waals surface area (Å²) in [6.07, 6.45) is 0. The molecule has 0 saturated carbocycles. The van der Waals surface area contributed by atoms with Crippen molar-refractivity contribution in [1.29, 1.82) is 0 Å². The van der Waals surface area contributed by atoms with Gasteiger partial charge in [0.05, 0.1) is 0 Å². The summed E-state index contributed by atoms with van der Waals surface area (Å²) in [6.45, 7) is 5.59. The summed E-state index contributed by atoms with van der Waals surface area (Å²) in [5, 5.41) is 6.02. The van der Waals surface area contributed by atoms with E-state index in [0.717, 1.165) is 39.9 Å². The van der Waals surface area contributed by atoms with Gasteiger partial charge in [-0.25, -0.2) is 8.78 Å². The molecule has 5 nitrogen and oxygen atoms in total. The molecule has 0 aliphatic heterocycles. The van der Waals surface area contributed by atoms with Gasteiger partial charge < -0.3 is 20.1 Å². The fraction of sp³-hybridized carbons (Fsp3) is 0.219. The van der Waals surface area contributed by atoms with E-state index < -0.39 is 11.6 Å². The van der Waals surface area contributed by atoms with Crippen molar-refractivity contribution in [3.63, 3.8) is 0 Å². The van der Waals surface area contributed by atoms with Crippen LogP contribution in [0.5, 0.6) is 11.5 Å². The van der Waals surface area contributed by atoms with Gasteiger partial charge in [-0.15, -0.1) is 0 Å². The van der Waals surface area contributed by atoms with Crippen LogP contribution in [0.4, 0.5) is 8.78 Å². The molecule has 0 heterocycles. The zero-order chi connectivity index (χ0) is 27.6. The van der Waals surface area contributed by atoms with Crippen LogP contribution in [0.1, 0.15) is 29.2 Å². The molecule has 0 aliphatic rings. The molecule has 0 fully saturated rings. The SMILES string of the molecule is CC(=O)NCCNCc1ccc(OCc2cccc(-c3ccccc3)c2C)cc1OCc1ccc(F)c(F)c1. The molecular formula is C32H32F2N2O3. The van der Waals surface area contributed by atoms with Gasteiger partial charge in [-0.05, 0) is 52.9 Å². The Morgan fingerprint density at radius 2 is 1.62 bits per heavy atom. The summed E-state index contributed by atoms with van der Waals surface area (Å²) in [4.78, 5) is 11.1. The summed E-state index contributed by atoms with van der Waals surface area (Å²) < 4.78 is 39.2. The van der Waals surface area contributed by atoms with Crippen LogP contribution >= 0.6 is 0 Å². The first kappa shape index (κ1) is 27.8. The van der Waals surface area contributed by atoms with Crippen molar-refractivity contribution < 1.29 is 23.0 Å². The van der Waals surface area contributed by atoms with Crippen molar-refractivity contribution in [1.82, 2.24) is 10.6 Å². The lowest BCUT2D eigenvalue weighted by Crippen LogP contribution is -2.30. The number of nitrogens with one attached hydrogen (secondary N) is 2. The molecule has 0 atom stereocenters. The second-order valence-electron chi connectivity index (χ2n) is 9.21. The highest BCUT2D eigenvalue weighted by Crippen LogP contribution is 2.29. The van der Waals surface area contributed by atoms with E-state index in [1.807, 2.05) is 36.4 Å². The summed E-state index contributed by atoms with van der Waals surface area (Å²) in [5.41, 5.74) is 5.92. The predicted molar refractivity (Wildman–Crippen MR) is 148 cm³/mol. The molecule has 0 saturated heterocycles. The van der Waals surface area contributed by atoms with Gasteiger partial charge in [0.2, 0.25) is 5.91 Å². The smallest absolute Gasteiger partial charge is 0.216 e. The van der Waals surface area contributed by atoms with E-state index in [2.05, 4.69) is 41.8 Å². The maximum atomic E-state index is 13.7. The van der Waals surface area contributed by atoms with Crippen LogP contribution < -0.4 is 20.1 Å². The third-order valence-corrected chi connectivity index (χ3v) is 6.33. The Morgan fingerprint density at radius 3 is 2.38 bits per heavy atom. The summed E-state index contributed by atoms with van der Waals surface area (Å²) in [7, 11) is 0. The Labute approximate surface area is 227 Å². The average molecular weight is 531 g/mol. The molecule has 0 spiro atoms. The highest BCUT2D eigenvalue weighted by atomic mass is 19.2. The molecule has 1 amide bonds. The number of amides is 1. The average Bonchev–Trinajstić information content (AvgIpc) is 2.94. The lowest BCUT2D eigenvalue weighted by Gasteiger charge is -2.16. The van der Waals surface area contributed by atoms with E-state index in [9.17, 15) is 13.6 Å². The molecule has 0 radical (unpaired) electrons. The highest BCUT2D eigenvalue weighted by Gasteiger charge is 2.11. The van der Waals surface area contributed by atoms with Crippen LogP contribution in [-0.4, -0.2) is 19.0 Å². The zero-order valence-electron chi connectivity index (χ0n) is 22.1. The van der Waals surface area contributed by atoms with Gasteiger partial charge in [0.1, 0.15) is 24.7 Å². The van der Waals surface area contributed by atoms with Crippen LogP contribution in [0.2, 0.25) is 0 Å². The number of benzene rings is 4. The van der Waals surface area contributed by atoms with Crippen LogP contribution in [0.15, 0.2) is 84.9 Å². The van der Waals surface area contributed by atoms with Crippen LogP contribution in [0, 0.1) is 18.6 Å². The van der Waals surface area contributed by atoms with Crippen molar-refractivity contribution >= 4 is 5.91 Å². The molecule has 0 unspecified atom stereocenters. The topological polar surface area (TPSA) is 59.6 Å². The lowest BCUT2D eigenvalue weighted by molar-refractivity contribution is -0.118. The van der Waals surface area contributed by atoms with E-state index in [0.29, 0.717) is 43.3 Å². The Balaban J connectivity index is 1.48. The van der Waals surface area contributed by atoms with Gasteiger partial charge in [0.15, 0.2) is 11.6 Å². The molecule has 0 aromatic heterocycles. The number of halogens is 2. The molecular weight excluding hydrogens is 498 g/mol. The fourth-order valence-electron chi connectivity index (χ4n) is 4.18. The molecule has 39 heavy (non-hydrogen) atoms. The number of carbonyl (C=O) groups excluding carboxylic acids is 1. The second kappa shape index (κ2) is 13.5. The van der Waals surface area contributed by atoms with Gasteiger partial charge in [-0.1, -0.05) is 60.7 Å². The second-order valence-corrected chi connectivity index (χ2v) is 9.21. The minimum Gasteiger partial charge on any atom is -0.489 e. The number of ether oxygens (including phenoxy) is 2. The number of hydrogen-bond acceptors (Lipinski definition) is 4. The predicted octanol–water partition coefficient (Wildman–Crippen LogP) is 6.32. The van der Waals surface area contributed by atoms with Gasteiger partial charge in [-0.2, -0.15) is 0 Å². The minimum absolute atomic E-state index is 0.0672. The Kier molecular flexibility index (Phi) is 9.64. The van der Waals surface area contributed by atoms with Gasteiger partial charge in [0, 0.05) is 38.2 Å². The molecule has 4 aromatic carbocycles. The third kappa shape index (κ3) is 7.88. The maximum absolute atomic E-state index is 13.7. The van der Waals surface area contributed by atoms with Crippen LogP contribution in [0.25, 0.3) is 11.1 Å². The van der Waals surface area contributed by atoms with Crippen molar-refractivity contribution in [2.24, 2.45) is 0 Å². The number of carbonyl (C=O) groups is 1. The van der Waals surface area contributed by atoms with E-state index in [4.69, 9.17) is 9.47 Å². The Hall–Kier alpha value is -4.23. The number of hydrogen-bond donors (Lipinski definition) is 2. The fourth-order valence-corrected chi connectivity index (χ4v) is 4.18. The van der Waals surface area contributed by atoms with Gasteiger partial charge >= 0.3 is 0 Å². The van der Waals surface area contributed by atoms with Crippen LogP contribution in [0.3, 0.4) is 0 Å². The Bertz CT molecular complexity index is 1410. The minimum atomic E-state index is -0.916. The molecule has 202 valence electrons.